The predicted molar refractivity (Wildman–Crippen MR) is 83.6 cm³/mol. The molecule has 1 rings (SSSR count). The number of hydrogen-bond donors (Lipinski definition) is 0. The number of rotatable bonds is 7. The Balaban J connectivity index is 2.52. The second-order valence-electron chi connectivity index (χ2n) is 5.61. The van der Waals surface area contributed by atoms with Gasteiger partial charge in [0.25, 0.3) is 0 Å². The third-order valence-corrected chi connectivity index (χ3v) is 3.23. The molecule has 0 amide bonds. The largest absolute Gasteiger partial charge is 0.465 e. The van der Waals surface area contributed by atoms with Gasteiger partial charge in [-0.15, -0.1) is 0 Å². The SMILES string of the molecule is C=C(C)C(=O)OCC1CC(CC(=O)OCCBr)OC(C)(C)O1. The molecular formula is C15H23BrO6. The fourth-order valence-electron chi connectivity index (χ4n) is 2.14. The van der Waals surface area contributed by atoms with Crippen molar-refractivity contribution in [1.29, 1.82) is 0 Å². The Bertz CT molecular complexity index is 420. The van der Waals surface area contributed by atoms with Crippen molar-refractivity contribution in [3.05, 3.63) is 12.2 Å². The van der Waals surface area contributed by atoms with Crippen molar-refractivity contribution < 1.29 is 28.5 Å². The van der Waals surface area contributed by atoms with Gasteiger partial charge in [0.1, 0.15) is 13.2 Å². The Morgan fingerprint density at radius 1 is 1.27 bits per heavy atom. The Labute approximate surface area is 139 Å². The lowest BCUT2D eigenvalue weighted by Gasteiger charge is -2.40. The minimum absolute atomic E-state index is 0.103. The quantitative estimate of drug-likeness (QED) is 0.384. The second-order valence-corrected chi connectivity index (χ2v) is 6.40. The summed E-state index contributed by atoms with van der Waals surface area (Å²) in [5, 5.41) is 0.596. The number of halogens is 1. The molecule has 0 saturated carbocycles. The zero-order valence-corrected chi connectivity index (χ0v) is 14.8. The van der Waals surface area contributed by atoms with Gasteiger partial charge in [-0.2, -0.15) is 0 Å². The number of carbonyl (C=O) groups is 2. The van der Waals surface area contributed by atoms with Crippen LogP contribution in [0.4, 0.5) is 0 Å². The van der Waals surface area contributed by atoms with Crippen LogP contribution in [0.2, 0.25) is 0 Å². The van der Waals surface area contributed by atoms with Crippen LogP contribution in [-0.2, 0) is 28.5 Å². The standard InChI is InChI=1S/C15H23BrO6/c1-10(2)14(18)20-9-12-7-11(21-15(3,4)22-12)8-13(17)19-6-5-16/h11-12H,1,5-9H2,2-4H3. The Morgan fingerprint density at radius 3 is 2.50 bits per heavy atom. The molecule has 1 saturated heterocycles. The molecule has 1 aliphatic rings. The van der Waals surface area contributed by atoms with Crippen LogP contribution in [0.15, 0.2) is 12.2 Å². The van der Waals surface area contributed by atoms with Gasteiger partial charge in [0.2, 0.25) is 0 Å². The van der Waals surface area contributed by atoms with Crippen molar-refractivity contribution in [2.24, 2.45) is 0 Å². The van der Waals surface area contributed by atoms with Gasteiger partial charge in [0.15, 0.2) is 5.79 Å². The first-order chi connectivity index (χ1) is 10.2. The molecule has 0 aromatic rings. The van der Waals surface area contributed by atoms with E-state index in [1.807, 2.05) is 0 Å². The molecule has 2 unspecified atom stereocenters. The van der Waals surface area contributed by atoms with Gasteiger partial charge in [0.05, 0.1) is 18.6 Å². The number of hydrogen-bond acceptors (Lipinski definition) is 6. The van der Waals surface area contributed by atoms with Crippen molar-refractivity contribution in [3.63, 3.8) is 0 Å². The number of alkyl halides is 1. The summed E-state index contributed by atoms with van der Waals surface area (Å²) in [6, 6.07) is 0. The van der Waals surface area contributed by atoms with E-state index in [0.29, 0.717) is 23.9 Å². The lowest BCUT2D eigenvalue weighted by atomic mass is 10.1. The molecule has 7 heteroatoms. The summed E-state index contributed by atoms with van der Waals surface area (Å²) in [4.78, 5) is 23.1. The van der Waals surface area contributed by atoms with E-state index in [1.54, 1.807) is 20.8 Å². The predicted octanol–water partition coefficient (Wildman–Crippen LogP) is 2.34. The molecule has 0 spiro atoms. The normalized spacial score (nSPS) is 23.6. The van der Waals surface area contributed by atoms with E-state index >= 15 is 0 Å². The molecule has 0 aliphatic carbocycles. The topological polar surface area (TPSA) is 71.1 Å². The van der Waals surface area contributed by atoms with Crippen LogP contribution in [0.3, 0.4) is 0 Å². The van der Waals surface area contributed by atoms with E-state index in [9.17, 15) is 9.59 Å². The minimum atomic E-state index is -0.848. The summed E-state index contributed by atoms with van der Waals surface area (Å²) in [7, 11) is 0. The fourth-order valence-corrected chi connectivity index (χ4v) is 2.30. The average molecular weight is 379 g/mol. The molecule has 1 fully saturated rings. The zero-order chi connectivity index (χ0) is 16.8. The maximum absolute atomic E-state index is 11.7. The molecular weight excluding hydrogens is 356 g/mol. The zero-order valence-electron chi connectivity index (χ0n) is 13.2. The Morgan fingerprint density at radius 2 is 1.91 bits per heavy atom. The van der Waals surface area contributed by atoms with Gasteiger partial charge in [-0.25, -0.2) is 4.79 Å². The van der Waals surface area contributed by atoms with Gasteiger partial charge in [-0.05, 0) is 20.8 Å². The van der Waals surface area contributed by atoms with Gasteiger partial charge < -0.3 is 18.9 Å². The van der Waals surface area contributed by atoms with Gasteiger partial charge >= 0.3 is 11.9 Å². The smallest absolute Gasteiger partial charge is 0.333 e. The molecule has 0 aromatic carbocycles. The van der Waals surface area contributed by atoms with Crippen molar-refractivity contribution >= 4 is 27.9 Å². The van der Waals surface area contributed by atoms with Crippen LogP contribution in [-0.4, -0.2) is 48.5 Å². The lowest BCUT2D eigenvalue weighted by Crippen LogP contribution is -2.47. The average Bonchev–Trinajstić information content (AvgIpc) is 2.40. The van der Waals surface area contributed by atoms with Crippen LogP contribution < -0.4 is 0 Å². The number of carbonyl (C=O) groups excluding carboxylic acids is 2. The van der Waals surface area contributed by atoms with Crippen LogP contribution in [0.1, 0.15) is 33.6 Å². The first kappa shape index (κ1) is 19.1. The molecule has 2 atom stereocenters. The summed E-state index contributed by atoms with van der Waals surface area (Å²) in [6.45, 7) is 9.06. The summed E-state index contributed by atoms with van der Waals surface area (Å²) in [5.74, 6) is -1.63. The highest BCUT2D eigenvalue weighted by molar-refractivity contribution is 9.09. The van der Waals surface area contributed by atoms with Crippen molar-refractivity contribution in [2.75, 3.05) is 18.5 Å². The highest BCUT2D eigenvalue weighted by atomic mass is 79.9. The molecule has 0 aromatic heterocycles. The number of esters is 2. The van der Waals surface area contributed by atoms with Crippen LogP contribution in [0.5, 0.6) is 0 Å². The first-order valence-electron chi connectivity index (χ1n) is 7.13. The second kappa shape index (κ2) is 8.64. The molecule has 126 valence electrons. The molecule has 0 radical (unpaired) electrons. The van der Waals surface area contributed by atoms with Crippen molar-refractivity contribution in [3.8, 4) is 0 Å². The highest BCUT2D eigenvalue weighted by Gasteiger charge is 2.37. The van der Waals surface area contributed by atoms with E-state index in [4.69, 9.17) is 18.9 Å². The maximum atomic E-state index is 11.7. The third kappa shape index (κ3) is 6.89. The van der Waals surface area contributed by atoms with Gasteiger partial charge in [-0.1, -0.05) is 22.5 Å². The van der Waals surface area contributed by atoms with E-state index < -0.39 is 11.8 Å². The maximum Gasteiger partial charge on any atom is 0.333 e. The Hall–Kier alpha value is -0.920. The summed E-state index contributed by atoms with van der Waals surface area (Å²) in [6.07, 6.45) is -0.0674. The van der Waals surface area contributed by atoms with Gasteiger partial charge in [-0.3, -0.25) is 4.79 Å². The van der Waals surface area contributed by atoms with E-state index in [-0.39, 0.29) is 31.2 Å². The minimum Gasteiger partial charge on any atom is -0.465 e. The highest BCUT2D eigenvalue weighted by Crippen LogP contribution is 2.28. The Kier molecular flexibility index (Phi) is 7.52. The van der Waals surface area contributed by atoms with E-state index in [1.165, 1.54) is 0 Å². The van der Waals surface area contributed by atoms with Crippen molar-refractivity contribution in [2.45, 2.75) is 51.6 Å². The molecule has 22 heavy (non-hydrogen) atoms. The monoisotopic (exact) mass is 378 g/mol. The lowest BCUT2D eigenvalue weighted by molar-refractivity contribution is -0.304. The fraction of sp³-hybridized carbons (Fsp3) is 0.733. The summed E-state index contributed by atoms with van der Waals surface area (Å²) >= 11 is 3.19. The molecule has 0 N–H and O–H groups in total. The first-order valence-corrected chi connectivity index (χ1v) is 8.25. The molecule has 0 bridgehead atoms. The van der Waals surface area contributed by atoms with Crippen molar-refractivity contribution in [1.82, 2.24) is 0 Å². The van der Waals surface area contributed by atoms with Crippen LogP contribution >= 0.6 is 15.9 Å². The number of ether oxygens (including phenoxy) is 4. The summed E-state index contributed by atoms with van der Waals surface area (Å²) in [5.41, 5.74) is 0.334. The van der Waals surface area contributed by atoms with E-state index in [0.717, 1.165) is 0 Å². The summed E-state index contributed by atoms with van der Waals surface area (Å²) < 4.78 is 21.6. The molecule has 1 aliphatic heterocycles. The van der Waals surface area contributed by atoms with Crippen LogP contribution in [0, 0.1) is 0 Å². The third-order valence-electron chi connectivity index (χ3n) is 2.91. The molecule has 6 nitrogen and oxygen atoms in total. The van der Waals surface area contributed by atoms with Gasteiger partial charge in [0, 0.05) is 17.3 Å². The molecule has 1 heterocycles. The van der Waals surface area contributed by atoms with Crippen LogP contribution in [0.25, 0.3) is 0 Å². The van der Waals surface area contributed by atoms with E-state index in [2.05, 4.69) is 22.5 Å².